The van der Waals surface area contributed by atoms with Gasteiger partial charge in [-0.05, 0) is 12.1 Å². The number of pyridine rings is 1. The summed E-state index contributed by atoms with van der Waals surface area (Å²) < 4.78 is 10.7. The first-order valence-electron chi connectivity index (χ1n) is 3.76. The minimum Gasteiger partial charge on any atom is -0.477 e. The molecule has 1 heterocycles. The van der Waals surface area contributed by atoms with Crippen LogP contribution in [0.5, 0.6) is 0 Å². The first-order valence-corrected chi connectivity index (χ1v) is 5.44. The summed E-state index contributed by atoms with van der Waals surface area (Å²) in [5.41, 5.74) is -0.761. The molecule has 1 unspecified atom stereocenters. The van der Waals surface area contributed by atoms with E-state index in [0.29, 0.717) is 0 Å². The lowest BCUT2D eigenvalue weighted by atomic mass is 10.3. The molecule has 0 fully saturated rings. The van der Waals surface area contributed by atoms with Crippen LogP contribution in [0.2, 0.25) is 0 Å². The summed E-state index contributed by atoms with van der Waals surface area (Å²) in [5.74, 6) is -3.44. The monoisotopic (exact) mass is 233 g/mol. The van der Waals surface area contributed by atoms with E-state index in [2.05, 4.69) is 4.98 Å². The number of nitrogens with zero attached hydrogens (tertiary/aromatic N) is 1. The lowest BCUT2D eigenvalue weighted by Crippen LogP contribution is -2.06. The molecular formula is C7H8NO6P. The van der Waals surface area contributed by atoms with Gasteiger partial charge in [0, 0.05) is 0 Å². The Kier molecular flexibility index (Phi) is 3.21. The molecular weight excluding hydrogens is 225 g/mol. The molecule has 1 aromatic heterocycles. The van der Waals surface area contributed by atoms with Crippen LogP contribution in [-0.2, 0) is 4.57 Å². The van der Waals surface area contributed by atoms with Crippen molar-refractivity contribution in [3.05, 3.63) is 29.6 Å². The standard InChI is InChI=1S/C7H8NO6P/c9-6(10)4-2-1-3-5(8-4)7(11)15(12,13)14/h1-3,7,11H,(H,9,10)(H2,12,13,14). The van der Waals surface area contributed by atoms with Crippen LogP contribution < -0.4 is 0 Å². The number of aliphatic hydroxyl groups excluding tert-OH is 1. The van der Waals surface area contributed by atoms with Crippen LogP contribution in [0.25, 0.3) is 0 Å². The second-order valence-corrected chi connectivity index (χ2v) is 4.38. The fourth-order valence-electron chi connectivity index (χ4n) is 0.887. The van der Waals surface area contributed by atoms with Crippen molar-refractivity contribution in [2.45, 2.75) is 5.85 Å². The van der Waals surface area contributed by atoms with Crippen LogP contribution in [0.4, 0.5) is 0 Å². The molecule has 15 heavy (non-hydrogen) atoms. The van der Waals surface area contributed by atoms with E-state index >= 15 is 0 Å². The highest BCUT2D eigenvalue weighted by molar-refractivity contribution is 7.51. The molecule has 1 rings (SSSR count). The van der Waals surface area contributed by atoms with Crippen LogP contribution in [0.1, 0.15) is 22.0 Å². The number of carbonyl (C=O) groups is 1. The zero-order valence-corrected chi connectivity index (χ0v) is 8.20. The minimum atomic E-state index is -4.73. The quantitative estimate of drug-likeness (QED) is 0.538. The topological polar surface area (TPSA) is 128 Å². The maximum absolute atomic E-state index is 10.7. The third-order valence-corrected chi connectivity index (χ3v) is 2.47. The predicted octanol–water partition coefficient (Wildman–Crippen LogP) is -0.0516. The Hall–Kier alpha value is -1.27. The lowest BCUT2D eigenvalue weighted by Gasteiger charge is -2.11. The zero-order chi connectivity index (χ0) is 11.6. The molecule has 0 aromatic carbocycles. The average Bonchev–Trinajstić information content (AvgIpc) is 2.15. The number of aromatic carboxylic acids is 1. The molecule has 0 radical (unpaired) electrons. The molecule has 1 atom stereocenters. The van der Waals surface area contributed by atoms with Gasteiger partial charge < -0.3 is 20.0 Å². The molecule has 8 heteroatoms. The largest absolute Gasteiger partial charge is 0.477 e. The van der Waals surface area contributed by atoms with Crippen LogP contribution in [0.15, 0.2) is 18.2 Å². The predicted molar refractivity (Wildman–Crippen MR) is 48.2 cm³/mol. The van der Waals surface area contributed by atoms with E-state index in [1.54, 1.807) is 0 Å². The van der Waals surface area contributed by atoms with Crippen molar-refractivity contribution in [2.24, 2.45) is 0 Å². The molecule has 82 valence electrons. The molecule has 0 amide bonds. The van der Waals surface area contributed by atoms with Crippen LogP contribution in [-0.4, -0.2) is 31.0 Å². The van der Waals surface area contributed by atoms with E-state index in [1.165, 1.54) is 6.07 Å². The second kappa shape index (κ2) is 4.08. The highest BCUT2D eigenvalue weighted by Gasteiger charge is 2.29. The Bertz CT molecular complexity index is 427. The van der Waals surface area contributed by atoms with Crippen molar-refractivity contribution >= 4 is 13.6 Å². The van der Waals surface area contributed by atoms with E-state index in [4.69, 9.17) is 20.0 Å². The van der Waals surface area contributed by atoms with Gasteiger partial charge >= 0.3 is 13.6 Å². The lowest BCUT2D eigenvalue weighted by molar-refractivity contribution is 0.0689. The summed E-state index contributed by atoms with van der Waals surface area (Å²) >= 11 is 0. The van der Waals surface area contributed by atoms with Gasteiger partial charge in [-0.25, -0.2) is 9.78 Å². The van der Waals surface area contributed by atoms with Crippen LogP contribution in [0.3, 0.4) is 0 Å². The number of hydrogen-bond acceptors (Lipinski definition) is 4. The number of carboxylic acid groups (broad SMARTS) is 1. The number of rotatable bonds is 3. The zero-order valence-electron chi connectivity index (χ0n) is 7.31. The van der Waals surface area contributed by atoms with E-state index in [-0.39, 0.29) is 11.4 Å². The highest BCUT2D eigenvalue weighted by atomic mass is 31.2. The number of aromatic nitrogens is 1. The normalized spacial score (nSPS) is 13.5. The SMILES string of the molecule is O=C(O)c1cccc(C(O)P(=O)(O)O)n1. The minimum absolute atomic E-state index is 0.372. The summed E-state index contributed by atoms with van der Waals surface area (Å²) in [5, 5.41) is 17.7. The van der Waals surface area contributed by atoms with Gasteiger partial charge in [0.05, 0.1) is 5.69 Å². The molecule has 0 aliphatic carbocycles. The van der Waals surface area contributed by atoms with Crippen molar-refractivity contribution in [1.82, 2.24) is 4.98 Å². The fourth-order valence-corrected chi connectivity index (χ4v) is 1.38. The molecule has 0 bridgehead atoms. The number of hydrogen-bond donors (Lipinski definition) is 4. The molecule has 0 aliphatic heterocycles. The maximum atomic E-state index is 10.7. The third kappa shape index (κ3) is 2.84. The van der Waals surface area contributed by atoms with E-state index < -0.39 is 19.4 Å². The Morgan fingerprint density at radius 3 is 2.47 bits per heavy atom. The van der Waals surface area contributed by atoms with Gasteiger partial charge in [0.25, 0.3) is 0 Å². The Morgan fingerprint density at radius 1 is 1.40 bits per heavy atom. The van der Waals surface area contributed by atoms with Gasteiger partial charge in [-0.15, -0.1) is 0 Å². The van der Waals surface area contributed by atoms with E-state index in [0.717, 1.165) is 12.1 Å². The third-order valence-electron chi connectivity index (χ3n) is 1.57. The summed E-state index contributed by atoms with van der Waals surface area (Å²) in [7, 11) is -4.73. The van der Waals surface area contributed by atoms with Crippen LogP contribution >= 0.6 is 7.60 Å². The van der Waals surface area contributed by atoms with Crippen molar-refractivity contribution in [3.8, 4) is 0 Å². The second-order valence-electron chi connectivity index (χ2n) is 2.72. The summed E-state index contributed by atoms with van der Waals surface area (Å²) in [4.78, 5) is 31.2. The van der Waals surface area contributed by atoms with Gasteiger partial charge in [-0.2, -0.15) is 0 Å². The average molecular weight is 233 g/mol. The van der Waals surface area contributed by atoms with Gasteiger partial charge in [-0.1, -0.05) is 6.07 Å². The Labute approximate surface area is 84.2 Å². The molecule has 7 nitrogen and oxygen atoms in total. The fraction of sp³-hybridized carbons (Fsp3) is 0.143. The van der Waals surface area contributed by atoms with Crippen molar-refractivity contribution < 1.29 is 29.4 Å². The Morgan fingerprint density at radius 2 is 2.00 bits per heavy atom. The van der Waals surface area contributed by atoms with Gasteiger partial charge in [0.15, 0.2) is 5.85 Å². The molecule has 0 saturated heterocycles. The number of carboxylic acids is 1. The van der Waals surface area contributed by atoms with E-state index in [1.807, 2.05) is 0 Å². The molecule has 0 spiro atoms. The molecule has 0 aliphatic rings. The summed E-state index contributed by atoms with van der Waals surface area (Å²) in [6.45, 7) is 0. The van der Waals surface area contributed by atoms with Gasteiger partial charge in [0.1, 0.15) is 5.69 Å². The first kappa shape index (κ1) is 11.8. The summed E-state index contributed by atoms with van der Waals surface area (Å²) in [6, 6.07) is 3.53. The van der Waals surface area contributed by atoms with Gasteiger partial charge in [0.2, 0.25) is 0 Å². The van der Waals surface area contributed by atoms with E-state index in [9.17, 15) is 9.36 Å². The van der Waals surface area contributed by atoms with Gasteiger partial charge in [-0.3, -0.25) is 4.57 Å². The first-order chi connectivity index (χ1) is 6.82. The maximum Gasteiger partial charge on any atom is 0.359 e. The highest BCUT2D eigenvalue weighted by Crippen LogP contribution is 2.49. The van der Waals surface area contributed by atoms with Crippen LogP contribution in [0, 0.1) is 0 Å². The van der Waals surface area contributed by atoms with Crippen molar-refractivity contribution in [3.63, 3.8) is 0 Å². The van der Waals surface area contributed by atoms with Crippen molar-refractivity contribution in [1.29, 1.82) is 0 Å². The molecule has 0 saturated carbocycles. The number of aliphatic hydroxyl groups is 1. The molecule has 1 aromatic rings. The van der Waals surface area contributed by atoms with Crippen molar-refractivity contribution in [2.75, 3.05) is 0 Å². The Balaban J connectivity index is 3.11. The summed E-state index contributed by atoms with van der Waals surface area (Å²) in [6.07, 6.45) is 0. The molecule has 4 N–H and O–H groups in total. The smallest absolute Gasteiger partial charge is 0.359 e.